The van der Waals surface area contributed by atoms with Crippen molar-refractivity contribution in [2.75, 3.05) is 19.5 Å². The first kappa shape index (κ1) is 14.8. The van der Waals surface area contributed by atoms with Crippen molar-refractivity contribution in [2.24, 2.45) is 0 Å². The first-order valence-corrected chi connectivity index (χ1v) is 6.98. The zero-order valence-electron chi connectivity index (χ0n) is 12.8. The summed E-state index contributed by atoms with van der Waals surface area (Å²) < 4.78 is 12.2. The summed E-state index contributed by atoms with van der Waals surface area (Å²) in [5.74, 6) is 1.01. The molecule has 7 heteroatoms. The van der Waals surface area contributed by atoms with Crippen molar-refractivity contribution in [1.29, 1.82) is 0 Å². The maximum Gasteiger partial charge on any atom is 0.244 e. The molecule has 0 atom stereocenters. The molecule has 0 saturated carbocycles. The summed E-state index contributed by atoms with van der Waals surface area (Å²) in [6.07, 6.45) is 4.96. The molecule has 0 spiro atoms. The van der Waals surface area contributed by atoms with Crippen LogP contribution in [0.2, 0.25) is 0 Å². The van der Waals surface area contributed by atoms with Crippen LogP contribution in [0.5, 0.6) is 11.5 Å². The standard InChI is InChI=1S/C16H16N4O3/c1-22-14-4-3-11(7-15(14)23-2)19-16(21)9-20-10-18-12-8-17-6-5-13(12)20/h3-8,10H,9H2,1-2H3,(H,19,21). The highest BCUT2D eigenvalue weighted by atomic mass is 16.5. The lowest BCUT2D eigenvalue weighted by Crippen LogP contribution is -2.18. The molecule has 0 saturated heterocycles. The maximum atomic E-state index is 12.2. The van der Waals surface area contributed by atoms with Gasteiger partial charge < -0.3 is 19.4 Å². The molecule has 3 rings (SSSR count). The van der Waals surface area contributed by atoms with Crippen LogP contribution in [0.1, 0.15) is 0 Å². The lowest BCUT2D eigenvalue weighted by molar-refractivity contribution is -0.116. The number of pyridine rings is 1. The minimum Gasteiger partial charge on any atom is -0.493 e. The molecule has 0 unspecified atom stereocenters. The number of imidazole rings is 1. The number of benzene rings is 1. The Kier molecular flexibility index (Phi) is 4.09. The van der Waals surface area contributed by atoms with Crippen molar-refractivity contribution in [3.63, 3.8) is 0 Å². The molecule has 0 bridgehead atoms. The normalized spacial score (nSPS) is 10.5. The molecule has 7 nitrogen and oxygen atoms in total. The lowest BCUT2D eigenvalue weighted by Gasteiger charge is -2.11. The van der Waals surface area contributed by atoms with Gasteiger partial charge in [0.05, 0.1) is 32.3 Å². The summed E-state index contributed by atoms with van der Waals surface area (Å²) in [6.45, 7) is 0.162. The number of hydrogen-bond donors (Lipinski definition) is 1. The third kappa shape index (κ3) is 3.08. The average Bonchev–Trinajstić information content (AvgIpc) is 2.97. The van der Waals surface area contributed by atoms with E-state index >= 15 is 0 Å². The molecule has 118 valence electrons. The number of anilines is 1. The Morgan fingerprint density at radius 2 is 2.04 bits per heavy atom. The van der Waals surface area contributed by atoms with Crippen LogP contribution in [0.25, 0.3) is 11.0 Å². The molecule has 3 aromatic rings. The number of rotatable bonds is 5. The number of nitrogens with one attached hydrogen (secondary N) is 1. The Hall–Kier alpha value is -3.09. The third-order valence-corrected chi connectivity index (χ3v) is 3.40. The zero-order valence-corrected chi connectivity index (χ0v) is 12.8. The van der Waals surface area contributed by atoms with E-state index in [-0.39, 0.29) is 12.5 Å². The van der Waals surface area contributed by atoms with Crippen molar-refractivity contribution < 1.29 is 14.3 Å². The summed E-state index contributed by atoms with van der Waals surface area (Å²) in [7, 11) is 3.12. The predicted octanol–water partition coefficient (Wildman–Crippen LogP) is 2.09. The summed E-state index contributed by atoms with van der Waals surface area (Å²) in [4.78, 5) is 20.4. The Morgan fingerprint density at radius 3 is 2.83 bits per heavy atom. The van der Waals surface area contributed by atoms with Gasteiger partial charge in [-0.3, -0.25) is 9.78 Å². The van der Waals surface area contributed by atoms with Crippen molar-refractivity contribution in [3.05, 3.63) is 43.0 Å². The quantitative estimate of drug-likeness (QED) is 0.780. The van der Waals surface area contributed by atoms with Gasteiger partial charge in [0.1, 0.15) is 12.1 Å². The number of ether oxygens (including phenoxy) is 2. The molecule has 0 radical (unpaired) electrons. The summed E-state index contributed by atoms with van der Waals surface area (Å²) in [5.41, 5.74) is 2.26. The summed E-state index contributed by atoms with van der Waals surface area (Å²) in [5, 5.41) is 2.83. The number of amides is 1. The van der Waals surface area contributed by atoms with E-state index in [0.29, 0.717) is 17.2 Å². The molecule has 23 heavy (non-hydrogen) atoms. The van der Waals surface area contributed by atoms with Gasteiger partial charge in [0, 0.05) is 18.0 Å². The van der Waals surface area contributed by atoms with Gasteiger partial charge in [-0.25, -0.2) is 4.98 Å². The lowest BCUT2D eigenvalue weighted by atomic mass is 10.2. The second-order valence-corrected chi connectivity index (χ2v) is 4.85. The molecular formula is C16H16N4O3. The van der Waals surface area contributed by atoms with Crippen molar-refractivity contribution in [3.8, 4) is 11.5 Å². The number of carbonyl (C=O) groups excluding carboxylic acids is 1. The smallest absolute Gasteiger partial charge is 0.244 e. The Balaban J connectivity index is 1.74. The topological polar surface area (TPSA) is 78.3 Å². The molecule has 1 N–H and O–H groups in total. The molecule has 0 aliphatic heterocycles. The van der Waals surface area contributed by atoms with E-state index < -0.39 is 0 Å². The number of carbonyl (C=O) groups is 1. The van der Waals surface area contributed by atoms with E-state index in [1.165, 1.54) is 0 Å². The predicted molar refractivity (Wildman–Crippen MR) is 85.7 cm³/mol. The molecule has 1 amide bonds. The van der Waals surface area contributed by atoms with Crippen molar-refractivity contribution in [1.82, 2.24) is 14.5 Å². The number of methoxy groups -OCH3 is 2. The number of fused-ring (bicyclic) bond motifs is 1. The van der Waals surface area contributed by atoms with Gasteiger partial charge in [-0.15, -0.1) is 0 Å². The van der Waals surface area contributed by atoms with Crippen LogP contribution in [0.4, 0.5) is 5.69 Å². The first-order valence-electron chi connectivity index (χ1n) is 6.98. The zero-order chi connectivity index (χ0) is 16.2. The molecule has 2 heterocycles. The average molecular weight is 312 g/mol. The van der Waals surface area contributed by atoms with Gasteiger partial charge in [-0.1, -0.05) is 0 Å². The highest BCUT2D eigenvalue weighted by Gasteiger charge is 2.10. The highest BCUT2D eigenvalue weighted by molar-refractivity contribution is 5.91. The Morgan fingerprint density at radius 1 is 1.22 bits per heavy atom. The van der Waals surface area contributed by atoms with E-state index in [2.05, 4.69) is 15.3 Å². The Bertz CT molecular complexity index is 844. The van der Waals surface area contributed by atoms with Crippen LogP contribution in [0, 0.1) is 0 Å². The van der Waals surface area contributed by atoms with Gasteiger partial charge in [0.25, 0.3) is 0 Å². The van der Waals surface area contributed by atoms with E-state index in [1.807, 2.05) is 6.07 Å². The van der Waals surface area contributed by atoms with Crippen LogP contribution in [0.15, 0.2) is 43.0 Å². The molecule has 0 aliphatic carbocycles. The second-order valence-electron chi connectivity index (χ2n) is 4.85. The van der Waals surface area contributed by atoms with Crippen LogP contribution in [0.3, 0.4) is 0 Å². The van der Waals surface area contributed by atoms with Crippen molar-refractivity contribution in [2.45, 2.75) is 6.54 Å². The number of hydrogen-bond acceptors (Lipinski definition) is 5. The van der Waals surface area contributed by atoms with Gasteiger partial charge >= 0.3 is 0 Å². The SMILES string of the molecule is COc1ccc(NC(=O)Cn2cnc3cnccc32)cc1OC. The van der Waals surface area contributed by atoms with Gasteiger partial charge in [0.2, 0.25) is 5.91 Å². The van der Waals surface area contributed by atoms with E-state index in [1.54, 1.807) is 55.7 Å². The van der Waals surface area contributed by atoms with Gasteiger partial charge in [-0.2, -0.15) is 0 Å². The minimum atomic E-state index is -0.159. The highest BCUT2D eigenvalue weighted by Crippen LogP contribution is 2.29. The van der Waals surface area contributed by atoms with Crippen LogP contribution in [-0.4, -0.2) is 34.7 Å². The maximum absolute atomic E-state index is 12.2. The molecular weight excluding hydrogens is 296 g/mol. The van der Waals surface area contributed by atoms with Crippen LogP contribution < -0.4 is 14.8 Å². The van der Waals surface area contributed by atoms with Crippen molar-refractivity contribution >= 4 is 22.6 Å². The Labute approximate surface area is 132 Å². The largest absolute Gasteiger partial charge is 0.493 e. The van der Waals surface area contributed by atoms with Gasteiger partial charge in [-0.05, 0) is 18.2 Å². The summed E-state index contributed by atoms with van der Waals surface area (Å²) in [6, 6.07) is 7.04. The minimum absolute atomic E-state index is 0.159. The van der Waals surface area contributed by atoms with E-state index in [4.69, 9.17) is 9.47 Å². The molecule has 0 fully saturated rings. The molecule has 2 aromatic heterocycles. The molecule has 1 aromatic carbocycles. The summed E-state index contributed by atoms with van der Waals surface area (Å²) >= 11 is 0. The fraction of sp³-hybridized carbons (Fsp3) is 0.188. The van der Waals surface area contributed by atoms with Crippen LogP contribution in [-0.2, 0) is 11.3 Å². The monoisotopic (exact) mass is 312 g/mol. The third-order valence-electron chi connectivity index (χ3n) is 3.40. The fourth-order valence-electron chi connectivity index (χ4n) is 2.31. The van der Waals surface area contributed by atoms with E-state index in [9.17, 15) is 4.79 Å². The molecule has 0 aliphatic rings. The first-order chi connectivity index (χ1) is 11.2. The second kappa shape index (κ2) is 6.35. The number of aromatic nitrogens is 3. The van der Waals surface area contributed by atoms with Crippen LogP contribution >= 0.6 is 0 Å². The number of nitrogens with zero attached hydrogens (tertiary/aromatic N) is 3. The van der Waals surface area contributed by atoms with E-state index in [0.717, 1.165) is 11.0 Å². The van der Waals surface area contributed by atoms with Gasteiger partial charge in [0.15, 0.2) is 11.5 Å². The fourth-order valence-corrected chi connectivity index (χ4v) is 2.31.